The minimum atomic E-state index is -0.149. The highest BCUT2D eigenvalue weighted by atomic mass is 16.5. The quantitative estimate of drug-likeness (QED) is 0.696. The molecule has 4 rings (SSSR count). The van der Waals surface area contributed by atoms with Crippen molar-refractivity contribution < 1.29 is 13.9 Å². The van der Waals surface area contributed by atoms with E-state index in [-0.39, 0.29) is 5.91 Å². The molecule has 0 saturated carbocycles. The highest BCUT2D eigenvalue weighted by Gasteiger charge is 2.20. The molecular weight excluding hydrogens is 368 g/mol. The minimum Gasteiger partial charge on any atom is -0.463 e. The molecule has 0 radical (unpaired) electrons. The molecule has 2 aromatic heterocycles. The van der Waals surface area contributed by atoms with Gasteiger partial charge in [0, 0.05) is 32.2 Å². The minimum absolute atomic E-state index is 0.149. The number of nitrogens with zero attached hydrogens (tertiary/aromatic N) is 3. The first kappa shape index (κ1) is 19.4. The van der Waals surface area contributed by atoms with E-state index in [0.29, 0.717) is 23.7 Å². The summed E-state index contributed by atoms with van der Waals surface area (Å²) in [6.07, 6.45) is 1.61. The first-order valence-corrected chi connectivity index (χ1v) is 9.92. The summed E-state index contributed by atoms with van der Waals surface area (Å²) >= 11 is 0. The number of ether oxygens (including phenoxy) is 1. The van der Waals surface area contributed by atoms with Crippen LogP contribution in [0.1, 0.15) is 21.6 Å². The van der Waals surface area contributed by atoms with E-state index in [2.05, 4.69) is 21.4 Å². The maximum absolute atomic E-state index is 13.0. The van der Waals surface area contributed by atoms with Crippen molar-refractivity contribution in [1.82, 2.24) is 20.0 Å². The monoisotopic (exact) mass is 394 g/mol. The summed E-state index contributed by atoms with van der Waals surface area (Å²) in [6.45, 7) is 8.73. The molecule has 7 heteroatoms. The molecule has 0 atom stereocenters. The van der Waals surface area contributed by atoms with Gasteiger partial charge in [-0.1, -0.05) is 12.1 Å². The standard InChI is InChI=1S/C22H26N4O3/c1-16-5-6-17(2)19(14-16)26-20(15-18(24-26)21-4-3-11-29-21)22(27)23-7-8-25-9-12-28-13-10-25/h3-6,11,14-15H,7-10,12-13H2,1-2H3,(H,23,27). The molecule has 3 aromatic rings. The normalized spacial score (nSPS) is 14.8. The predicted molar refractivity (Wildman–Crippen MR) is 110 cm³/mol. The fourth-order valence-corrected chi connectivity index (χ4v) is 3.46. The SMILES string of the molecule is Cc1ccc(C)c(-n2nc(-c3ccco3)cc2C(=O)NCCN2CCOCC2)c1. The summed E-state index contributed by atoms with van der Waals surface area (Å²) in [5.74, 6) is 0.487. The predicted octanol–water partition coefficient (Wildman–Crippen LogP) is 2.81. The number of carbonyl (C=O) groups excluding carboxylic acids is 1. The van der Waals surface area contributed by atoms with Crippen molar-refractivity contribution in [2.75, 3.05) is 39.4 Å². The second-order valence-corrected chi connectivity index (χ2v) is 7.30. The van der Waals surface area contributed by atoms with Crippen molar-refractivity contribution >= 4 is 5.91 Å². The number of carbonyl (C=O) groups is 1. The van der Waals surface area contributed by atoms with E-state index in [1.165, 1.54) is 0 Å². The number of aromatic nitrogens is 2. The lowest BCUT2D eigenvalue weighted by atomic mass is 10.1. The summed E-state index contributed by atoms with van der Waals surface area (Å²) in [4.78, 5) is 15.3. The van der Waals surface area contributed by atoms with Crippen LogP contribution in [-0.2, 0) is 4.74 Å². The Bertz CT molecular complexity index is 972. The van der Waals surface area contributed by atoms with Crippen LogP contribution in [0.4, 0.5) is 0 Å². The molecule has 1 fully saturated rings. The van der Waals surface area contributed by atoms with Gasteiger partial charge in [0.1, 0.15) is 11.4 Å². The van der Waals surface area contributed by atoms with Crippen LogP contribution in [0.15, 0.2) is 47.1 Å². The third-order valence-corrected chi connectivity index (χ3v) is 5.13. The van der Waals surface area contributed by atoms with Gasteiger partial charge in [0.2, 0.25) is 0 Å². The number of amides is 1. The lowest BCUT2D eigenvalue weighted by molar-refractivity contribution is 0.0383. The van der Waals surface area contributed by atoms with Crippen LogP contribution in [0.5, 0.6) is 0 Å². The fourth-order valence-electron chi connectivity index (χ4n) is 3.46. The molecule has 1 saturated heterocycles. The number of aryl methyl sites for hydroxylation is 2. The number of nitrogens with one attached hydrogen (secondary N) is 1. The van der Waals surface area contributed by atoms with E-state index >= 15 is 0 Å². The van der Waals surface area contributed by atoms with Crippen LogP contribution in [-0.4, -0.2) is 60.0 Å². The van der Waals surface area contributed by atoms with Gasteiger partial charge in [-0.15, -0.1) is 0 Å². The number of benzene rings is 1. The van der Waals surface area contributed by atoms with E-state index in [4.69, 9.17) is 9.15 Å². The van der Waals surface area contributed by atoms with Crippen LogP contribution in [0.25, 0.3) is 17.1 Å². The second kappa shape index (κ2) is 8.63. The van der Waals surface area contributed by atoms with E-state index in [1.54, 1.807) is 17.0 Å². The van der Waals surface area contributed by atoms with Crippen molar-refractivity contribution in [2.24, 2.45) is 0 Å². The second-order valence-electron chi connectivity index (χ2n) is 7.30. The zero-order valence-electron chi connectivity index (χ0n) is 16.9. The molecule has 1 aliphatic rings. The highest BCUT2D eigenvalue weighted by Crippen LogP contribution is 2.24. The highest BCUT2D eigenvalue weighted by molar-refractivity contribution is 5.94. The molecule has 1 aliphatic heterocycles. The van der Waals surface area contributed by atoms with Crippen molar-refractivity contribution in [3.8, 4) is 17.1 Å². The molecule has 1 aromatic carbocycles. The Morgan fingerprint density at radius 1 is 1.17 bits per heavy atom. The molecule has 7 nitrogen and oxygen atoms in total. The summed E-state index contributed by atoms with van der Waals surface area (Å²) < 4.78 is 12.6. The molecule has 0 spiro atoms. The Hall–Kier alpha value is -2.90. The summed E-state index contributed by atoms with van der Waals surface area (Å²) in [5.41, 5.74) is 4.17. The van der Waals surface area contributed by atoms with Gasteiger partial charge in [0.05, 0.1) is 25.2 Å². The molecule has 1 N–H and O–H groups in total. The fraction of sp³-hybridized carbons (Fsp3) is 0.364. The average Bonchev–Trinajstić information content (AvgIpc) is 3.40. The maximum Gasteiger partial charge on any atom is 0.270 e. The van der Waals surface area contributed by atoms with Crippen LogP contribution >= 0.6 is 0 Å². The smallest absolute Gasteiger partial charge is 0.270 e. The first-order valence-electron chi connectivity index (χ1n) is 9.92. The topological polar surface area (TPSA) is 72.5 Å². The third-order valence-electron chi connectivity index (χ3n) is 5.13. The summed E-state index contributed by atoms with van der Waals surface area (Å²) in [5, 5.41) is 7.72. The zero-order valence-corrected chi connectivity index (χ0v) is 16.9. The molecule has 152 valence electrons. The Kier molecular flexibility index (Phi) is 5.78. The van der Waals surface area contributed by atoms with Gasteiger partial charge in [-0.3, -0.25) is 9.69 Å². The van der Waals surface area contributed by atoms with Gasteiger partial charge in [0.25, 0.3) is 5.91 Å². The van der Waals surface area contributed by atoms with Crippen LogP contribution < -0.4 is 5.32 Å². The molecule has 29 heavy (non-hydrogen) atoms. The Labute approximate surface area is 170 Å². The van der Waals surface area contributed by atoms with Gasteiger partial charge >= 0.3 is 0 Å². The Balaban J connectivity index is 1.58. The average molecular weight is 394 g/mol. The lowest BCUT2D eigenvalue weighted by Crippen LogP contribution is -2.41. The number of hydrogen-bond donors (Lipinski definition) is 1. The number of furan rings is 1. The largest absolute Gasteiger partial charge is 0.463 e. The van der Waals surface area contributed by atoms with E-state index in [0.717, 1.165) is 49.7 Å². The zero-order chi connectivity index (χ0) is 20.2. The van der Waals surface area contributed by atoms with E-state index < -0.39 is 0 Å². The maximum atomic E-state index is 13.0. The molecule has 1 amide bonds. The summed E-state index contributed by atoms with van der Waals surface area (Å²) in [7, 11) is 0. The van der Waals surface area contributed by atoms with Gasteiger partial charge in [-0.25, -0.2) is 4.68 Å². The number of rotatable bonds is 6. The van der Waals surface area contributed by atoms with Crippen molar-refractivity contribution in [3.63, 3.8) is 0 Å². The van der Waals surface area contributed by atoms with E-state index in [9.17, 15) is 4.79 Å². The molecule has 3 heterocycles. The van der Waals surface area contributed by atoms with Crippen LogP contribution in [0.3, 0.4) is 0 Å². The van der Waals surface area contributed by atoms with Crippen molar-refractivity contribution in [2.45, 2.75) is 13.8 Å². The van der Waals surface area contributed by atoms with Crippen LogP contribution in [0, 0.1) is 13.8 Å². The number of morpholine rings is 1. The van der Waals surface area contributed by atoms with Crippen molar-refractivity contribution in [1.29, 1.82) is 0 Å². The lowest BCUT2D eigenvalue weighted by Gasteiger charge is -2.26. The Morgan fingerprint density at radius 3 is 2.76 bits per heavy atom. The first-order chi connectivity index (χ1) is 14.1. The van der Waals surface area contributed by atoms with Gasteiger partial charge in [0.15, 0.2) is 5.76 Å². The number of hydrogen-bond acceptors (Lipinski definition) is 5. The van der Waals surface area contributed by atoms with Gasteiger partial charge in [-0.2, -0.15) is 5.10 Å². The molecule has 0 aliphatic carbocycles. The van der Waals surface area contributed by atoms with Crippen molar-refractivity contribution in [3.05, 3.63) is 59.5 Å². The van der Waals surface area contributed by atoms with E-state index in [1.807, 2.05) is 38.1 Å². The molecule has 0 unspecified atom stereocenters. The third kappa shape index (κ3) is 4.41. The Morgan fingerprint density at radius 2 is 2.00 bits per heavy atom. The van der Waals surface area contributed by atoms with Gasteiger partial charge in [-0.05, 0) is 43.2 Å². The molecule has 0 bridgehead atoms. The molecular formula is C22H26N4O3. The van der Waals surface area contributed by atoms with Gasteiger partial charge < -0.3 is 14.5 Å². The van der Waals surface area contributed by atoms with Crippen LogP contribution in [0.2, 0.25) is 0 Å². The summed E-state index contributed by atoms with van der Waals surface area (Å²) in [6, 6.07) is 11.6.